The third-order valence-electron chi connectivity index (χ3n) is 3.48. The van der Waals surface area contributed by atoms with E-state index in [0.717, 1.165) is 6.54 Å². The standard InChI is InChI=1S/C15H22N2O/c1-11(2)12(3)17(4)10-13-6-7-14(9-16)15(8-13)18-5/h6-8,11-12H,10H2,1-5H3. The highest BCUT2D eigenvalue weighted by Gasteiger charge is 2.14. The van der Waals surface area contributed by atoms with E-state index in [1.165, 1.54) is 5.56 Å². The molecule has 18 heavy (non-hydrogen) atoms. The summed E-state index contributed by atoms with van der Waals surface area (Å²) < 4.78 is 5.23. The van der Waals surface area contributed by atoms with E-state index in [9.17, 15) is 0 Å². The molecule has 0 amide bonds. The van der Waals surface area contributed by atoms with Crippen molar-refractivity contribution in [2.75, 3.05) is 14.2 Å². The molecule has 98 valence electrons. The minimum absolute atomic E-state index is 0.520. The summed E-state index contributed by atoms with van der Waals surface area (Å²) in [6, 6.07) is 8.41. The summed E-state index contributed by atoms with van der Waals surface area (Å²) in [6.45, 7) is 7.54. The van der Waals surface area contributed by atoms with Crippen molar-refractivity contribution in [3.8, 4) is 11.8 Å². The maximum absolute atomic E-state index is 8.94. The molecule has 1 atom stereocenters. The normalized spacial score (nSPS) is 12.6. The third kappa shape index (κ3) is 3.48. The van der Waals surface area contributed by atoms with Crippen LogP contribution in [0.25, 0.3) is 0 Å². The lowest BCUT2D eigenvalue weighted by atomic mass is 10.0. The lowest BCUT2D eigenvalue weighted by Gasteiger charge is -2.28. The van der Waals surface area contributed by atoms with Crippen LogP contribution in [-0.4, -0.2) is 25.1 Å². The second kappa shape index (κ2) is 6.42. The van der Waals surface area contributed by atoms with Gasteiger partial charge < -0.3 is 4.74 Å². The zero-order valence-electron chi connectivity index (χ0n) is 11.9. The van der Waals surface area contributed by atoms with Gasteiger partial charge in [-0.1, -0.05) is 19.9 Å². The number of hydrogen-bond acceptors (Lipinski definition) is 3. The number of nitriles is 1. The van der Waals surface area contributed by atoms with Crippen molar-refractivity contribution in [3.05, 3.63) is 29.3 Å². The Morgan fingerprint density at radius 2 is 2.00 bits per heavy atom. The van der Waals surface area contributed by atoms with Gasteiger partial charge in [0.05, 0.1) is 12.7 Å². The molecule has 0 bridgehead atoms. The van der Waals surface area contributed by atoms with Crippen molar-refractivity contribution >= 4 is 0 Å². The first-order valence-electron chi connectivity index (χ1n) is 6.26. The molecule has 0 radical (unpaired) electrons. The van der Waals surface area contributed by atoms with Crippen molar-refractivity contribution in [2.24, 2.45) is 5.92 Å². The summed E-state index contributed by atoms with van der Waals surface area (Å²) in [5.41, 5.74) is 1.75. The van der Waals surface area contributed by atoms with Crippen molar-refractivity contribution in [1.82, 2.24) is 4.90 Å². The highest BCUT2D eigenvalue weighted by atomic mass is 16.5. The van der Waals surface area contributed by atoms with Gasteiger partial charge in [0.2, 0.25) is 0 Å². The molecule has 0 aliphatic heterocycles. The topological polar surface area (TPSA) is 36.3 Å². The molecule has 0 aliphatic rings. The Morgan fingerprint density at radius 1 is 1.33 bits per heavy atom. The molecule has 0 aliphatic carbocycles. The molecular weight excluding hydrogens is 224 g/mol. The predicted molar refractivity (Wildman–Crippen MR) is 73.5 cm³/mol. The maximum atomic E-state index is 8.94. The van der Waals surface area contributed by atoms with Crippen molar-refractivity contribution in [3.63, 3.8) is 0 Å². The first-order valence-corrected chi connectivity index (χ1v) is 6.26. The molecule has 1 aromatic carbocycles. The van der Waals surface area contributed by atoms with E-state index in [1.807, 2.05) is 18.2 Å². The van der Waals surface area contributed by atoms with Gasteiger partial charge in [-0.2, -0.15) is 5.26 Å². The molecule has 0 saturated heterocycles. The lowest BCUT2D eigenvalue weighted by molar-refractivity contribution is 0.200. The van der Waals surface area contributed by atoms with Crippen LogP contribution in [0.4, 0.5) is 0 Å². The van der Waals surface area contributed by atoms with Crippen molar-refractivity contribution < 1.29 is 4.74 Å². The van der Waals surface area contributed by atoms with Crippen LogP contribution < -0.4 is 4.74 Å². The number of nitrogens with zero attached hydrogens (tertiary/aromatic N) is 2. The SMILES string of the molecule is COc1cc(CN(C)C(C)C(C)C)ccc1C#N. The van der Waals surface area contributed by atoms with Gasteiger partial charge in [-0.05, 0) is 37.6 Å². The Hall–Kier alpha value is -1.53. The zero-order valence-corrected chi connectivity index (χ0v) is 11.9. The van der Waals surface area contributed by atoms with E-state index in [2.05, 4.69) is 38.8 Å². The Labute approximate surface area is 110 Å². The van der Waals surface area contributed by atoms with Crippen molar-refractivity contribution in [1.29, 1.82) is 5.26 Å². The first kappa shape index (κ1) is 14.5. The molecule has 0 aromatic heterocycles. The second-order valence-corrected chi connectivity index (χ2v) is 5.05. The van der Waals surface area contributed by atoms with Crippen LogP contribution in [0.5, 0.6) is 5.75 Å². The summed E-state index contributed by atoms with van der Waals surface area (Å²) >= 11 is 0. The number of benzene rings is 1. The average molecular weight is 246 g/mol. The number of rotatable bonds is 5. The highest BCUT2D eigenvalue weighted by Crippen LogP contribution is 2.21. The molecule has 0 N–H and O–H groups in total. The van der Waals surface area contributed by atoms with E-state index < -0.39 is 0 Å². The highest BCUT2D eigenvalue weighted by molar-refractivity contribution is 5.45. The quantitative estimate of drug-likeness (QED) is 0.801. The number of methoxy groups -OCH3 is 1. The minimum atomic E-state index is 0.520. The molecule has 0 saturated carbocycles. The molecule has 0 fully saturated rings. The Balaban J connectivity index is 2.83. The fourth-order valence-corrected chi connectivity index (χ4v) is 1.87. The van der Waals surface area contributed by atoms with Crippen LogP contribution in [0.3, 0.4) is 0 Å². The molecule has 1 unspecified atom stereocenters. The van der Waals surface area contributed by atoms with Gasteiger partial charge in [0.25, 0.3) is 0 Å². The molecule has 3 heteroatoms. The van der Waals surface area contributed by atoms with Crippen molar-refractivity contribution in [2.45, 2.75) is 33.4 Å². The van der Waals surface area contributed by atoms with Crippen LogP contribution in [0.15, 0.2) is 18.2 Å². The largest absolute Gasteiger partial charge is 0.495 e. The van der Waals surface area contributed by atoms with Gasteiger partial charge in [-0.15, -0.1) is 0 Å². The van der Waals surface area contributed by atoms with E-state index >= 15 is 0 Å². The molecular formula is C15H22N2O. The van der Waals surface area contributed by atoms with Gasteiger partial charge in [-0.25, -0.2) is 0 Å². The second-order valence-electron chi connectivity index (χ2n) is 5.05. The van der Waals surface area contributed by atoms with Gasteiger partial charge in [0.15, 0.2) is 0 Å². The fraction of sp³-hybridized carbons (Fsp3) is 0.533. The molecule has 3 nitrogen and oxygen atoms in total. The summed E-state index contributed by atoms with van der Waals surface area (Å²) in [6.07, 6.45) is 0. The molecule has 0 spiro atoms. The maximum Gasteiger partial charge on any atom is 0.136 e. The average Bonchev–Trinajstić information content (AvgIpc) is 2.37. The van der Waals surface area contributed by atoms with Crippen LogP contribution >= 0.6 is 0 Å². The summed E-state index contributed by atoms with van der Waals surface area (Å²) in [5, 5.41) is 8.94. The van der Waals surface area contributed by atoms with Gasteiger partial charge >= 0.3 is 0 Å². The molecule has 1 aromatic rings. The predicted octanol–water partition coefficient (Wildman–Crippen LogP) is 3.04. The zero-order chi connectivity index (χ0) is 13.7. The summed E-state index contributed by atoms with van der Waals surface area (Å²) in [4.78, 5) is 2.31. The van der Waals surface area contributed by atoms with Crippen LogP contribution in [0, 0.1) is 17.2 Å². The smallest absolute Gasteiger partial charge is 0.136 e. The van der Waals surface area contributed by atoms with E-state index in [0.29, 0.717) is 23.3 Å². The Morgan fingerprint density at radius 3 is 2.50 bits per heavy atom. The monoisotopic (exact) mass is 246 g/mol. The molecule has 0 heterocycles. The van der Waals surface area contributed by atoms with Gasteiger partial charge in [0, 0.05) is 12.6 Å². The number of hydrogen-bond donors (Lipinski definition) is 0. The third-order valence-corrected chi connectivity index (χ3v) is 3.48. The fourth-order valence-electron chi connectivity index (χ4n) is 1.87. The number of ether oxygens (including phenoxy) is 1. The summed E-state index contributed by atoms with van der Waals surface area (Å²) in [5.74, 6) is 1.27. The molecule has 1 rings (SSSR count). The first-order chi connectivity index (χ1) is 8.49. The van der Waals surface area contributed by atoms with Crippen LogP contribution in [0.1, 0.15) is 31.9 Å². The summed E-state index contributed by atoms with van der Waals surface area (Å²) in [7, 11) is 3.72. The Bertz CT molecular complexity index is 435. The van der Waals surface area contributed by atoms with Crippen LogP contribution in [-0.2, 0) is 6.54 Å². The van der Waals surface area contributed by atoms with E-state index in [-0.39, 0.29) is 0 Å². The van der Waals surface area contributed by atoms with Gasteiger partial charge in [-0.3, -0.25) is 4.90 Å². The van der Waals surface area contributed by atoms with E-state index in [1.54, 1.807) is 7.11 Å². The Kier molecular flexibility index (Phi) is 5.18. The lowest BCUT2D eigenvalue weighted by Crippen LogP contribution is -2.32. The van der Waals surface area contributed by atoms with Crippen LogP contribution in [0.2, 0.25) is 0 Å². The van der Waals surface area contributed by atoms with Gasteiger partial charge in [0.1, 0.15) is 11.8 Å². The van der Waals surface area contributed by atoms with E-state index in [4.69, 9.17) is 10.00 Å². The minimum Gasteiger partial charge on any atom is -0.495 e.